The van der Waals surface area contributed by atoms with Crippen LogP contribution >= 0.6 is 0 Å². The summed E-state index contributed by atoms with van der Waals surface area (Å²) in [5, 5.41) is 3.74. The number of fused-ring (bicyclic) bond motifs is 1. The first-order valence-corrected chi connectivity index (χ1v) is 9.51. The van der Waals surface area contributed by atoms with E-state index in [1.165, 1.54) is 43.4 Å². The maximum Gasteiger partial charge on any atom is 0.163 e. The smallest absolute Gasteiger partial charge is 0.163 e. The second-order valence-corrected chi connectivity index (χ2v) is 8.18. The number of nitrogens with zero attached hydrogens (tertiary/aromatic N) is 3. The van der Waals surface area contributed by atoms with Crippen LogP contribution in [0.2, 0.25) is 0 Å². The van der Waals surface area contributed by atoms with Crippen molar-refractivity contribution in [3.8, 4) is 11.4 Å². The topological polar surface area (TPSA) is 76.7 Å². The SMILES string of the molecule is NCC1CC2(C1)CC(Nc1nc(-c3cccnc3)nc3c1CCC3)C2. The second-order valence-electron chi connectivity index (χ2n) is 8.18. The Morgan fingerprint density at radius 3 is 2.80 bits per heavy atom. The molecule has 130 valence electrons. The molecule has 0 amide bonds. The molecule has 2 saturated carbocycles. The molecule has 5 rings (SSSR count). The Balaban J connectivity index is 1.36. The molecule has 0 saturated heterocycles. The Labute approximate surface area is 148 Å². The van der Waals surface area contributed by atoms with Crippen LogP contribution in [-0.2, 0) is 12.8 Å². The Morgan fingerprint density at radius 1 is 1.16 bits per heavy atom. The predicted molar refractivity (Wildman–Crippen MR) is 98.1 cm³/mol. The van der Waals surface area contributed by atoms with Crippen LogP contribution in [0.15, 0.2) is 24.5 Å². The minimum Gasteiger partial charge on any atom is -0.367 e. The van der Waals surface area contributed by atoms with Gasteiger partial charge in [0.2, 0.25) is 0 Å². The van der Waals surface area contributed by atoms with Gasteiger partial charge in [-0.2, -0.15) is 0 Å². The molecule has 0 bridgehead atoms. The highest BCUT2D eigenvalue weighted by atomic mass is 15.1. The van der Waals surface area contributed by atoms with Gasteiger partial charge in [0.05, 0.1) is 0 Å². The minimum atomic E-state index is 0.556. The van der Waals surface area contributed by atoms with Gasteiger partial charge in [0, 0.05) is 35.3 Å². The number of nitrogens with two attached hydrogens (primary N) is 1. The molecule has 3 N–H and O–H groups in total. The zero-order chi connectivity index (χ0) is 16.9. The molecule has 5 heteroatoms. The molecule has 0 unspecified atom stereocenters. The van der Waals surface area contributed by atoms with E-state index in [0.717, 1.165) is 42.5 Å². The van der Waals surface area contributed by atoms with Gasteiger partial charge < -0.3 is 11.1 Å². The average molecular weight is 335 g/mol. The third-order valence-electron chi connectivity index (χ3n) is 6.33. The fraction of sp³-hybridized carbons (Fsp3) is 0.550. The van der Waals surface area contributed by atoms with Crippen LogP contribution in [-0.4, -0.2) is 27.5 Å². The molecule has 2 aromatic heterocycles. The summed E-state index contributed by atoms with van der Waals surface area (Å²) < 4.78 is 0. The largest absolute Gasteiger partial charge is 0.367 e. The van der Waals surface area contributed by atoms with Gasteiger partial charge in [-0.1, -0.05) is 0 Å². The third kappa shape index (κ3) is 2.61. The molecule has 25 heavy (non-hydrogen) atoms. The maximum atomic E-state index is 5.79. The quantitative estimate of drug-likeness (QED) is 0.898. The Morgan fingerprint density at radius 2 is 2.04 bits per heavy atom. The van der Waals surface area contributed by atoms with Crippen molar-refractivity contribution in [3.05, 3.63) is 35.8 Å². The van der Waals surface area contributed by atoms with E-state index in [4.69, 9.17) is 15.7 Å². The minimum absolute atomic E-state index is 0.556. The maximum absolute atomic E-state index is 5.79. The number of pyridine rings is 1. The summed E-state index contributed by atoms with van der Waals surface area (Å²) in [6.07, 6.45) is 12.2. The lowest BCUT2D eigenvalue weighted by atomic mass is 9.50. The highest BCUT2D eigenvalue weighted by Gasteiger charge is 2.52. The molecule has 0 atom stereocenters. The summed E-state index contributed by atoms with van der Waals surface area (Å²) >= 11 is 0. The normalized spacial score (nSPS) is 29.8. The molecular formula is C20H25N5. The Bertz CT molecular complexity index is 774. The van der Waals surface area contributed by atoms with Gasteiger partial charge in [-0.05, 0) is 75.0 Å². The lowest BCUT2D eigenvalue weighted by Gasteiger charge is -2.58. The zero-order valence-electron chi connectivity index (χ0n) is 14.5. The summed E-state index contributed by atoms with van der Waals surface area (Å²) in [5.41, 5.74) is 9.93. The van der Waals surface area contributed by atoms with Crippen LogP contribution in [0.1, 0.15) is 43.4 Å². The molecular weight excluding hydrogens is 310 g/mol. The zero-order valence-corrected chi connectivity index (χ0v) is 14.5. The van der Waals surface area contributed by atoms with Crippen molar-refractivity contribution < 1.29 is 0 Å². The molecule has 0 aliphatic heterocycles. The lowest BCUT2D eigenvalue weighted by molar-refractivity contribution is -0.0295. The van der Waals surface area contributed by atoms with Gasteiger partial charge in [-0.3, -0.25) is 4.98 Å². The molecule has 2 fully saturated rings. The fourth-order valence-electron chi connectivity index (χ4n) is 5.12. The molecule has 3 aliphatic carbocycles. The molecule has 3 aliphatic rings. The number of hydrogen-bond acceptors (Lipinski definition) is 5. The number of aromatic nitrogens is 3. The summed E-state index contributed by atoms with van der Waals surface area (Å²) in [5.74, 6) is 2.63. The van der Waals surface area contributed by atoms with Gasteiger partial charge in [0.15, 0.2) is 5.82 Å². The summed E-state index contributed by atoms with van der Waals surface area (Å²) in [4.78, 5) is 13.9. The van der Waals surface area contributed by atoms with Crippen molar-refractivity contribution in [1.29, 1.82) is 0 Å². The standard InChI is InChI=1S/C20H25N5/c21-11-13-7-20(8-13)9-15(10-20)23-19-16-4-1-5-17(16)24-18(25-19)14-3-2-6-22-12-14/h2-3,6,12-13,15H,1,4-5,7-11,21H2,(H,23,24,25). The van der Waals surface area contributed by atoms with E-state index in [0.29, 0.717) is 11.5 Å². The van der Waals surface area contributed by atoms with E-state index >= 15 is 0 Å². The van der Waals surface area contributed by atoms with Gasteiger partial charge >= 0.3 is 0 Å². The van der Waals surface area contributed by atoms with Crippen LogP contribution in [0.5, 0.6) is 0 Å². The van der Waals surface area contributed by atoms with Crippen molar-refractivity contribution >= 4 is 5.82 Å². The average Bonchev–Trinajstić information content (AvgIpc) is 3.05. The highest BCUT2D eigenvalue weighted by Crippen LogP contribution is 2.59. The van der Waals surface area contributed by atoms with E-state index in [1.54, 1.807) is 6.20 Å². The van der Waals surface area contributed by atoms with Crippen molar-refractivity contribution in [2.75, 3.05) is 11.9 Å². The molecule has 5 nitrogen and oxygen atoms in total. The fourth-order valence-corrected chi connectivity index (χ4v) is 5.12. The van der Waals surface area contributed by atoms with Gasteiger partial charge in [-0.25, -0.2) is 9.97 Å². The lowest BCUT2D eigenvalue weighted by Crippen LogP contribution is -2.54. The van der Waals surface area contributed by atoms with Crippen LogP contribution in [0.25, 0.3) is 11.4 Å². The van der Waals surface area contributed by atoms with Gasteiger partial charge in [0.25, 0.3) is 0 Å². The van der Waals surface area contributed by atoms with E-state index in [1.807, 2.05) is 18.3 Å². The van der Waals surface area contributed by atoms with Crippen molar-refractivity contribution in [2.45, 2.75) is 51.0 Å². The monoisotopic (exact) mass is 335 g/mol. The van der Waals surface area contributed by atoms with Crippen molar-refractivity contribution in [2.24, 2.45) is 17.1 Å². The van der Waals surface area contributed by atoms with Crippen LogP contribution in [0, 0.1) is 11.3 Å². The van der Waals surface area contributed by atoms with Crippen LogP contribution in [0.4, 0.5) is 5.82 Å². The van der Waals surface area contributed by atoms with Gasteiger partial charge in [0.1, 0.15) is 5.82 Å². The number of anilines is 1. The van der Waals surface area contributed by atoms with E-state index in [9.17, 15) is 0 Å². The number of rotatable bonds is 4. The number of nitrogens with one attached hydrogen (secondary N) is 1. The Kier molecular flexibility index (Phi) is 3.52. The first kappa shape index (κ1) is 15.3. The highest BCUT2D eigenvalue weighted by molar-refractivity contribution is 5.60. The van der Waals surface area contributed by atoms with E-state index < -0.39 is 0 Å². The van der Waals surface area contributed by atoms with Crippen LogP contribution < -0.4 is 11.1 Å². The van der Waals surface area contributed by atoms with Crippen molar-refractivity contribution in [1.82, 2.24) is 15.0 Å². The number of aryl methyl sites for hydroxylation is 1. The summed E-state index contributed by atoms with van der Waals surface area (Å²) in [6, 6.07) is 4.53. The molecule has 2 aromatic rings. The molecule has 0 radical (unpaired) electrons. The second kappa shape index (κ2) is 5.77. The van der Waals surface area contributed by atoms with Gasteiger partial charge in [-0.15, -0.1) is 0 Å². The molecule has 1 spiro atoms. The third-order valence-corrected chi connectivity index (χ3v) is 6.33. The molecule has 0 aromatic carbocycles. The van der Waals surface area contributed by atoms with Crippen molar-refractivity contribution in [3.63, 3.8) is 0 Å². The molecule has 2 heterocycles. The van der Waals surface area contributed by atoms with Crippen LogP contribution in [0.3, 0.4) is 0 Å². The number of hydrogen-bond donors (Lipinski definition) is 2. The summed E-state index contributed by atoms with van der Waals surface area (Å²) in [6.45, 7) is 0.855. The van der Waals surface area contributed by atoms with E-state index in [2.05, 4.69) is 10.3 Å². The summed E-state index contributed by atoms with van der Waals surface area (Å²) in [7, 11) is 0. The first-order valence-electron chi connectivity index (χ1n) is 9.51. The predicted octanol–water partition coefficient (Wildman–Crippen LogP) is 2.96. The van der Waals surface area contributed by atoms with E-state index in [-0.39, 0.29) is 0 Å². The Hall–Kier alpha value is -2.01. The first-order chi connectivity index (χ1) is 12.2.